The normalized spacial score (nSPS) is 17.3. The van der Waals surface area contributed by atoms with Crippen molar-refractivity contribution >= 4 is 15.5 Å². The van der Waals surface area contributed by atoms with Crippen LogP contribution in [-0.2, 0) is 16.3 Å². The molecule has 0 saturated heterocycles. The third-order valence-corrected chi connectivity index (χ3v) is 5.50. The topological polar surface area (TPSA) is 69.4 Å². The van der Waals surface area contributed by atoms with E-state index in [1.165, 1.54) is 0 Å². The number of ether oxygens (including phenoxy) is 1. The monoisotopic (exact) mass is 303 g/mol. The summed E-state index contributed by atoms with van der Waals surface area (Å²) < 4.78 is 30.7. The summed E-state index contributed by atoms with van der Waals surface area (Å²) in [6.07, 6.45) is 0.300. The molecule has 0 saturated carbocycles. The van der Waals surface area contributed by atoms with E-state index in [4.69, 9.17) is 10.5 Å². The Morgan fingerprint density at radius 2 is 2.00 bits per heavy atom. The SMILES string of the molecule is Cc1cc(S(=O)(=O)CC2Cc3ccccc3O2)ccc1N. The summed E-state index contributed by atoms with van der Waals surface area (Å²) >= 11 is 0. The fraction of sp³-hybridized carbons (Fsp3) is 0.250. The van der Waals surface area contributed by atoms with Crippen molar-refractivity contribution in [3.05, 3.63) is 53.6 Å². The van der Waals surface area contributed by atoms with Crippen LogP contribution in [0.25, 0.3) is 0 Å². The molecule has 2 aromatic rings. The molecule has 1 aliphatic heterocycles. The molecule has 2 aromatic carbocycles. The average Bonchev–Trinajstić information content (AvgIpc) is 2.82. The van der Waals surface area contributed by atoms with Crippen LogP contribution in [0, 0.1) is 6.92 Å². The minimum Gasteiger partial charge on any atom is -0.489 e. The summed E-state index contributed by atoms with van der Waals surface area (Å²) in [5.74, 6) is 0.761. The maximum atomic E-state index is 12.5. The van der Waals surface area contributed by atoms with Gasteiger partial charge in [-0.1, -0.05) is 18.2 Å². The van der Waals surface area contributed by atoms with Gasteiger partial charge in [-0.2, -0.15) is 0 Å². The molecule has 1 unspecified atom stereocenters. The van der Waals surface area contributed by atoms with Gasteiger partial charge in [0.05, 0.1) is 10.6 Å². The highest BCUT2D eigenvalue weighted by Crippen LogP contribution is 2.30. The van der Waals surface area contributed by atoms with Gasteiger partial charge in [-0.15, -0.1) is 0 Å². The number of anilines is 1. The van der Waals surface area contributed by atoms with Crippen molar-refractivity contribution in [2.75, 3.05) is 11.5 Å². The number of benzene rings is 2. The van der Waals surface area contributed by atoms with E-state index >= 15 is 0 Å². The Labute approximate surface area is 124 Å². The largest absolute Gasteiger partial charge is 0.489 e. The minimum absolute atomic E-state index is 0.0228. The first-order valence-electron chi connectivity index (χ1n) is 6.79. The lowest BCUT2D eigenvalue weighted by Gasteiger charge is -2.12. The van der Waals surface area contributed by atoms with E-state index in [-0.39, 0.29) is 11.9 Å². The Morgan fingerprint density at radius 3 is 2.71 bits per heavy atom. The number of fused-ring (bicyclic) bond motifs is 1. The molecule has 0 aliphatic carbocycles. The Kier molecular flexibility index (Phi) is 3.37. The highest BCUT2D eigenvalue weighted by atomic mass is 32.2. The van der Waals surface area contributed by atoms with E-state index in [1.54, 1.807) is 25.1 Å². The van der Waals surface area contributed by atoms with E-state index in [0.29, 0.717) is 17.0 Å². The van der Waals surface area contributed by atoms with E-state index in [0.717, 1.165) is 16.9 Å². The van der Waals surface area contributed by atoms with Gasteiger partial charge >= 0.3 is 0 Å². The van der Waals surface area contributed by atoms with Crippen LogP contribution < -0.4 is 10.5 Å². The molecular formula is C16H17NO3S. The number of nitrogens with two attached hydrogens (primary N) is 1. The van der Waals surface area contributed by atoms with Gasteiger partial charge in [0.25, 0.3) is 0 Å². The molecule has 0 bridgehead atoms. The second-order valence-corrected chi connectivity index (χ2v) is 7.39. The number of hydrogen-bond acceptors (Lipinski definition) is 4. The molecule has 0 aromatic heterocycles. The first-order chi connectivity index (χ1) is 9.95. The van der Waals surface area contributed by atoms with Crippen molar-refractivity contribution in [3.8, 4) is 5.75 Å². The molecule has 110 valence electrons. The highest BCUT2D eigenvalue weighted by Gasteiger charge is 2.28. The van der Waals surface area contributed by atoms with Gasteiger partial charge in [0.1, 0.15) is 11.9 Å². The van der Waals surface area contributed by atoms with E-state index < -0.39 is 9.84 Å². The predicted molar refractivity (Wildman–Crippen MR) is 82.2 cm³/mol. The lowest BCUT2D eigenvalue weighted by molar-refractivity contribution is 0.256. The molecule has 0 fully saturated rings. The van der Waals surface area contributed by atoms with Crippen LogP contribution in [0.15, 0.2) is 47.4 Å². The summed E-state index contributed by atoms with van der Waals surface area (Å²) in [4.78, 5) is 0.300. The molecule has 0 amide bonds. The third-order valence-electron chi connectivity index (χ3n) is 3.72. The van der Waals surface area contributed by atoms with Gasteiger partial charge in [0.15, 0.2) is 9.84 Å². The van der Waals surface area contributed by atoms with Gasteiger partial charge < -0.3 is 10.5 Å². The maximum absolute atomic E-state index is 12.5. The molecule has 0 spiro atoms. The number of nitrogen functional groups attached to an aromatic ring is 1. The standard InChI is InChI=1S/C16H17NO3S/c1-11-8-14(6-7-15(11)17)21(18,19)10-13-9-12-4-2-3-5-16(12)20-13/h2-8,13H,9-10,17H2,1H3. The van der Waals surface area contributed by atoms with E-state index in [9.17, 15) is 8.42 Å². The Bertz CT molecular complexity index is 759. The molecule has 21 heavy (non-hydrogen) atoms. The third kappa shape index (κ3) is 2.74. The first-order valence-corrected chi connectivity index (χ1v) is 8.44. The molecule has 4 nitrogen and oxygen atoms in total. The van der Waals surface area contributed by atoms with Gasteiger partial charge in [-0.3, -0.25) is 0 Å². The summed E-state index contributed by atoms with van der Waals surface area (Å²) in [6.45, 7) is 1.80. The van der Waals surface area contributed by atoms with Crippen molar-refractivity contribution in [3.63, 3.8) is 0 Å². The highest BCUT2D eigenvalue weighted by molar-refractivity contribution is 7.91. The van der Waals surface area contributed by atoms with Gasteiger partial charge in [0, 0.05) is 12.1 Å². The second kappa shape index (κ2) is 5.07. The average molecular weight is 303 g/mol. The molecule has 3 rings (SSSR count). The molecule has 0 radical (unpaired) electrons. The number of hydrogen-bond donors (Lipinski definition) is 1. The number of aryl methyl sites for hydroxylation is 1. The zero-order valence-corrected chi connectivity index (χ0v) is 12.6. The Morgan fingerprint density at radius 1 is 1.24 bits per heavy atom. The second-order valence-electron chi connectivity index (χ2n) is 5.35. The van der Waals surface area contributed by atoms with Crippen molar-refractivity contribution < 1.29 is 13.2 Å². The molecule has 1 atom stereocenters. The van der Waals surface area contributed by atoms with Crippen molar-refractivity contribution in [1.82, 2.24) is 0 Å². The van der Waals surface area contributed by atoms with Crippen LogP contribution >= 0.6 is 0 Å². The number of sulfone groups is 1. The fourth-order valence-electron chi connectivity index (χ4n) is 2.53. The summed E-state index contributed by atoms with van der Waals surface area (Å²) in [5, 5.41) is 0. The van der Waals surface area contributed by atoms with Crippen molar-refractivity contribution in [2.45, 2.75) is 24.3 Å². The van der Waals surface area contributed by atoms with Crippen LogP contribution in [0.1, 0.15) is 11.1 Å². The molecule has 2 N–H and O–H groups in total. The van der Waals surface area contributed by atoms with Crippen LogP contribution in [0.2, 0.25) is 0 Å². The van der Waals surface area contributed by atoms with E-state index in [1.807, 2.05) is 24.3 Å². The lowest BCUT2D eigenvalue weighted by atomic mass is 10.1. The van der Waals surface area contributed by atoms with Gasteiger partial charge in [0.2, 0.25) is 0 Å². The first kappa shape index (κ1) is 13.9. The molecular weight excluding hydrogens is 286 g/mol. The maximum Gasteiger partial charge on any atom is 0.182 e. The van der Waals surface area contributed by atoms with Crippen LogP contribution in [-0.4, -0.2) is 20.3 Å². The Hall–Kier alpha value is -2.01. The predicted octanol–water partition coefficient (Wildman–Crippen LogP) is 2.35. The van der Waals surface area contributed by atoms with Gasteiger partial charge in [-0.05, 0) is 42.3 Å². The zero-order valence-electron chi connectivity index (χ0n) is 11.7. The van der Waals surface area contributed by atoms with E-state index in [2.05, 4.69) is 0 Å². The van der Waals surface area contributed by atoms with Crippen LogP contribution in [0.4, 0.5) is 5.69 Å². The minimum atomic E-state index is -3.38. The summed E-state index contributed by atoms with van der Waals surface area (Å²) in [5.41, 5.74) is 8.16. The number of para-hydroxylation sites is 1. The van der Waals surface area contributed by atoms with Crippen LogP contribution in [0.3, 0.4) is 0 Å². The summed E-state index contributed by atoms with van der Waals surface area (Å²) in [6, 6.07) is 12.5. The fourth-order valence-corrected chi connectivity index (χ4v) is 4.03. The Balaban J connectivity index is 1.80. The zero-order chi connectivity index (χ0) is 15.0. The smallest absolute Gasteiger partial charge is 0.182 e. The van der Waals surface area contributed by atoms with Crippen molar-refractivity contribution in [1.29, 1.82) is 0 Å². The van der Waals surface area contributed by atoms with Crippen molar-refractivity contribution in [2.24, 2.45) is 0 Å². The lowest BCUT2D eigenvalue weighted by Crippen LogP contribution is -2.25. The molecule has 1 heterocycles. The quantitative estimate of drug-likeness (QED) is 0.884. The number of rotatable bonds is 3. The molecule has 1 aliphatic rings. The van der Waals surface area contributed by atoms with Crippen LogP contribution in [0.5, 0.6) is 5.75 Å². The summed E-state index contributed by atoms with van der Waals surface area (Å²) in [7, 11) is -3.38. The molecule has 5 heteroatoms. The van der Waals surface area contributed by atoms with Gasteiger partial charge in [-0.25, -0.2) is 8.42 Å².